The Kier molecular flexibility index (Phi) is 6.64. The number of hydrogen-bond donors (Lipinski definition) is 0. The van der Waals surface area contributed by atoms with Crippen LogP contribution in [-0.2, 0) is 11.3 Å². The van der Waals surface area contributed by atoms with Crippen LogP contribution >= 0.6 is 11.3 Å². The highest BCUT2D eigenvalue weighted by atomic mass is 32.1. The molecule has 5 heteroatoms. The number of hydrogen-bond acceptors (Lipinski definition) is 4. The van der Waals surface area contributed by atoms with E-state index in [0.29, 0.717) is 50.8 Å². The average molecular weight is 424 g/mol. The van der Waals surface area contributed by atoms with Crippen molar-refractivity contribution in [2.75, 3.05) is 19.8 Å². The summed E-state index contributed by atoms with van der Waals surface area (Å²) < 4.78 is 12.1. The third-order valence-corrected chi connectivity index (χ3v) is 6.97. The van der Waals surface area contributed by atoms with Crippen molar-refractivity contribution in [3.63, 3.8) is 0 Å². The Hall–Kier alpha value is -2.45. The zero-order chi connectivity index (χ0) is 20.9. The number of rotatable bonds is 6. The van der Waals surface area contributed by atoms with E-state index in [1.165, 1.54) is 35.4 Å². The third kappa shape index (κ3) is 4.82. The van der Waals surface area contributed by atoms with Crippen LogP contribution in [0.2, 0.25) is 0 Å². The van der Waals surface area contributed by atoms with Crippen LogP contribution in [0.1, 0.15) is 49.0 Å². The number of benzene rings is 1. The Morgan fingerprint density at radius 3 is 2.90 bits per heavy atom. The molecule has 158 valence electrons. The van der Waals surface area contributed by atoms with E-state index in [1.807, 2.05) is 11.0 Å². The number of thiophene rings is 1. The van der Waals surface area contributed by atoms with Gasteiger partial charge in [-0.25, -0.2) is 0 Å². The quantitative estimate of drug-likeness (QED) is 0.460. The molecule has 0 radical (unpaired) electrons. The van der Waals surface area contributed by atoms with Crippen molar-refractivity contribution in [2.24, 2.45) is 5.92 Å². The lowest BCUT2D eigenvalue weighted by Crippen LogP contribution is -2.33. The molecular weight excluding hydrogens is 394 g/mol. The van der Waals surface area contributed by atoms with E-state index in [0.717, 1.165) is 16.9 Å². The van der Waals surface area contributed by atoms with Crippen molar-refractivity contribution in [3.05, 3.63) is 34.7 Å². The zero-order valence-corrected chi connectivity index (χ0v) is 18.4. The standard InChI is InChI=1S/C25H29NO3S/c1-3-4-12-28-22-16-20(23-10-9-18(2)30-23)15-21-17-26(11-13-29-25(21)22)24(27)14-19-7-5-6-8-19/h1,9-10,15-16,19H,4-8,11-14,17H2,2H3. The fourth-order valence-electron chi connectivity index (χ4n) is 4.35. The summed E-state index contributed by atoms with van der Waals surface area (Å²) in [6, 6.07) is 8.44. The second-order valence-electron chi connectivity index (χ2n) is 8.19. The van der Waals surface area contributed by atoms with Gasteiger partial charge in [-0.15, -0.1) is 23.7 Å². The SMILES string of the molecule is C#CCCOc1cc(-c2ccc(C)s2)cc2c1OCCN(C(=O)CC1CCCC1)C2. The van der Waals surface area contributed by atoms with Gasteiger partial charge in [-0.1, -0.05) is 12.8 Å². The summed E-state index contributed by atoms with van der Waals surface area (Å²) in [7, 11) is 0. The summed E-state index contributed by atoms with van der Waals surface area (Å²) in [5.41, 5.74) is 2.10. The Morgan fingerprint density at radius 1 is 1.33 bits per heavy atom. The first-order valence-electron chi connectivity index (χ1n) is 10.8. The lowest BCUT2D eigenvalue weighted by molar-refractivity contribution is -0.132. The maximum Gasteiger partial charge on any atom is 0.223 e. The maximum atomic E-state index is 13.0. The molecule has 1 amide bonds. The Balaban J connectivity index is 1.61. The van der Waals surface area contributed by atoms with E-state index in [9.17, 15) is 4.79 Å². The molecule has 2 aromatic rings. The van der Waals surface area contributed by atoms with Crippen molar-refractivity contribution < 1.29 is 14.3 Å². The lowest BCUT2D eigenvalue weighted by atomic mass is 10.0. The smallest absolute Gasteiger partial charge is 0.223 e. The minimum atomic E-state index is 0.241. The first-order chi connectivity index (χ1) is 14.6. The monoisotopic (exact) mass is 423 g/mol. The van der Waals surface area contributed by atoms with Gasteiger partial charge in [0.1, 0.15) is 6.61 Å². The molecule has 0 bridgehead atoms. The summed E-state index contributed by atoms with van der Waals surface area (Å²) >= 11 is 1.75. The van der Waals surface area contributed by atoms with Gasteiger partial charge in [-0.3, -0.25) is 4.79 Å². The molecule has 1 aliphatic heterocycles. The Bertz CT molecular complexity index is 936. The van der Waals surface area contributed by atoms with Crippen LogP contribution in [0.25, 0.3) is 10.4 Å². The number of carbonyl (C=O) groups is 1. The summed E-state index contributed by atoms with van der Waals surface area (Å²) in [6.07, 6.45) is 11.5. The van der Waals surface area contributed by atoms with Gasteiger partial charge in [0.2, 0.25) is 5.91 Å². The molecule has 2 heterocycles. The number of carbonyl (C=O) groups excluding carboxylic acids is 1. The fourth-order valence-corrected chi connectivity index (χ4v) is 5.20. The van der Waals surface area contributed by atoms with Crippen LogP contribution in [0, 0.1) is 25.2 Å². The number of nitrogens with zero attached hydrogens (tertiary/aromatic N) is 1. The zero-order valence-electron chi connectivity index (χ0n) is 17.6. The summed E-state index contributed by atoms with van der Waals surface area (Å²) in [5.74, 6) is 4.87. The number of fused-ring (bicyclic) bond motifs is 1. The van der Waals surface area contributed by atoms with Gasteiger partial charge in [0, 0.05) is 34.7 Å². The predicted molar refractivity (Wildman–Crippen MR) is 121 cm³/mol. The summed E-state index contributed by atoms with van der Waals surface area (Å²) in [6.45, 7) is 4.20. The van der Waals surface area contributed by atoms with E-state index in [2.05, 4.69) is 31.0 Å². The predicted octanol–water partition coefficient (Wildman–Crippen LogP) is 5.43. The summed E-state index contributed by atoms with van der Waals surface area (Å²) in [5, 5.41) is 0. The molecular formula is C25H29NO3S. The lowest BCUT2D eigenvalue weighted by Gasteiger charge is -2.22. The van der Waals surface area contributed by atoms with E-state index >= 15 is 0 Å². The van der Waals surface area contributed by atoms with Crippen LogP contribution in [0.3, 0.4) is 0 Å². The van der Waals surface area contributed by atoms with Gasteiger partial charge in [0.25, 0.3) is 0 Å². The fraction of sp³-hybridized carbons (Fsp3) is 0.480. The van der Waals surface area contributed by atoms with Crippen molar-refractivity contribution in [1.29, 1.82) is 0 Å². The van der Waals surface area contributed by atoms with E-state index in [-0.39, 0.29) is 5.91 Å². The molecule has 1 aromatic carbocycles. The number of ether oxygens (including phenoxy) is 2. The average Bonchev–Trinajstić information content (AvgIpc) is 3.35. The van der Waals surface area contributed by atoms with E-state index < -0.39 is 0 Å². The molecule has 4 rings (SSSR count). The molecule has 0 unspecified atom stereocenters. The molecule has 0 saturated heterocycles. The number of amides is 1. The Labute approximate surface area is 183 Å². The van der Waals surface area contributed by atoms with Gasteiger partial charge < -0.3 is 14.4 Å². The third-order valence-electron chi connectivity index (χ3n) is 5.92. The second-order valence-corrected chi connectivity index (χ2v) is 9.48. The van der Waals surface area contributed by atoms with Crippen molar-refractivity contribution in [2.45, 2.75) is 52.0 Å². The largest absolute Gasteiger partial charge is 0.489 e. The van der Waals surface area contributed by atoms with Crippen molar-refractivity contribution in [3.8, 4) is 34.3 Å². The van der Waals surface area contributed by atoms with E-state index in [1.54, 1.807) is 11.3 Å². The van der Waals surface area contributed by atoms with Crippen LogP contribution < -0.4 is 9.47 Å². The number of terminal acetylenes is 1. The van der Waals surface area contributed by atoms with Gasteiger partial charge in [0.15, 0.2) is 11.5 Å². The van der Waals surface area contributed by atoms with Crippen molar-refractivity contribution in [1.82, 2.24) is 4.90 Å². The first kappa shape index (κ1) is 20.8. The molecule has 0 spiro atoms. The minimum Gasteiger partial charge on any atom is -0.489 e. The molecule has 1 saturated carbocycles. The van der Waals surface area contributed by atoms with Crippen LogP contribution in [0.5, 0.6) is 11.5 Å². The normalized spacial score (nSPS) is 16.5. The van der Waals surface area contributed by atoms with E-state index in [4.69, 9.17) is 15.9 Å². The first-order valence-corrected chi connectivity index (χ1v) is 11.7. The maximum absolute atomic E-state index is 13.0. The molecule has 4 nitrogen and oxygen atoms in total. The van der Waals surface area contributed by atoms with Gasteiger partial charge in [-0.2, -0.15) is 0 Å². The van der Waals surface area contributed by atoms with Crippen LogP contribution in [0.15, 0.2) is 24.3 Å². The van der Waals surface area contributed by atoms with Gasteiger partial charge in [0.05, 0.1) is 13.2 Å². The molecule has 0 atom stereocenters. The molecule has 1 aromatic heterocycles. The molecule has 1 fully saturated rings. The molecule has 2 aliphatic rings. The van der Waals surface area contributed by atoms with Crippen LogP contribution in [-0.4, -0.2) is 30.6 Å². The highest BCUT2D eigenvalue weighted by molar-refractivity contribution is 7.15. The molecule has 0 N–H and O–H groups in total. The molecule has 1 aliphatic carbocycles. The second kappa shape index (κ2) is 9.57. The highest BCUT2D eigenvalue weighted by Crippen LogP contribution is 2.40. The minimum absolute atomic E-state index is 0.241. The van der Waals surface area contributed by atoms with Gasteiger partial charge in [-0.05, 0) is 55.5 Å². The summed E-state index contributed by atoms with van der Waals surface area (Å²) in [4.78, 5) is 17.4. The van der Waals surface area contributed by atoms with Crippen molar-refractivity contribution >= 4 is 17.2 Å². The Morgan fingerprint density at radius 2 is 2.17 bits per heavy atom. The molecule has 30 heavy (non-hydrogen) atoms. The highest BCUT2D eigenvalue weighted by Gasteiger charge is 2.26. The van der Waals surface area contributed by atoms with Gasteiger partial charge >= 0.3 is 0 Å². The number of aryl methyl sites for hydroxylation is 1. The topological polar surface area (TPSA) is 38.8 Å². The van der Waals surface area contributed by atoms with Crippen LogP contribution in [0.4, 0.5) is 0 Å².